The molecule has 0 atom stereocenters. The smallest absolute Gasteiger partial charge is 0.307 e. The van der Waals surface area contributed by atoms with E-state index >= 15 is 0 Å². The fourth-order valence-electron chi connectivity index (χ4n) is 1.83. The highest BCUT2D eigenvalue weighted by Gasteiger charge is 2.41. The number of ether oxygens (including phenoxy) is 1. The lowest BCUT2D eigenvalue weighted by molar-refractivity contribution is -0.143. The molecule has 1 aromatic carbocycles. The van der Waals surface area contributed by atoms with Crippen LogP contribution in [0.15, 0.2) is 22.7 Å². The zero-order valence-corrected chi connectivity index (χ0v) is 11.1. The number of aliphatic carboxylic acids is 1. The highest BCUT2D eigenvalue weighted by Crippen LogP contribution is 2.32. The molecule has 1 aromatic rings. The van der Waals surface area contributed by atoms with Gasteiger partial charge in [0.15, 0.2) is 0 Å². The predicted molar refractivity (Wildman–Crippen MR) is 67.4 cm³/mol. The van der Waals surface area contributed by atoms with Crippen LogP contribution < -0.4 is 10.1 Å². The zero-order valence-electron chi connectivity index (χ0n) is 9.50. The topological polar surface area (TPSA) is 58.6 Å². The molecule has 1 saturated heterocycles. The molecule has 2 rings (SSSR count). The summed E-state index contributed by atoms with van der Waals surface area (Å²) in [5.41, 5.74) is 0.520. The Morgan fingerprint density at radius 3 is 2.76 bits per heavy atom. The molecule has 1 aliphatic rings. The number of rotatable bonds is 4. The molecule has 0 unspecified atom stereocenters. The van der Waals surface area contributed by atoms with E-state index in [9.17, 15) is 4.79 Å². The standard InChI is InChI=1S/C12H14BrNO3/c1-8-2-3-10(9(13)4-8)17-12(5-11(15)16)6-14-7-12/h2-4,14H,5-7H2,1H3,(H,15,16). The molecule has 1 heterocycles. The number of hydrogen-bond acceptors (Lipinski definition) is 3. The Hall–Kier alpha value is -1.07. The molecule has 5 heteroatoms. The van der Waals surface area contributed by atoms with Crippen LogP contribution >= 0.6 is 15.9 Å². The third-order valence-electron chi connectivity index (χ3n) is 2.78. The molecule has 1 fully saturated rings. The molecule has 0 radical (unpaired) electrons. The number of halogens is 1. The zero-order chi connectivity index (χ0) is 12.5. The monoisotopic (exact) mass is 299 g/mol. The summed E-state index contributed by atoms with van der Waals surface area (Å²) in [5.74, 6) is -0.145. The lowest BCUT2D eigenvalue weighted by Crippen LogP contribution is -2.64. The van der Waals surface area contributed by atoms with Gasteiger partial charge >= 0.3 is 5.97 Å². The van der Waals surface area contributed by atoms with E-state index in [1.807, 2.05) is 25.1 Å². The second-order valence-corrected chi connectivity index (χ2v) is 5.25. The lowest BCUT2D eigenvalue weighted by Gasteiger charge is -2.41. The lowest BCUT2D eigenvalue weighted by atomic mass is 9.92. The van der Waals surface area contributed by atoms with E-state index in [-0.39, 0.29) is 6.42 Å². The van der Waals surface area contributed by atoms with Gasteiger partial charge in [-0.05, 0) is 40.5 Å². The maximum Gasteiger partial charge on any atom is 0.307 e. The van der Waals surface area contributed by atoms with Crippen LogP contribution in [-0.2, 0) is 4.79 Å². The number of aryl methyl sites for hydroxylation is 1. The second-order valence-electron chi connectivity index (χ2n) is 4.39. The van der Waals surface area contributed by atoms with Gasteiger partial charge in [-0.15, -0.1) is 0 Å². The van der Waals surface area contributed by atoms with E-state index in [2.05, 4.69) is 21.2 Å². The summed E-state index contributed by atoms with van der Waals surface area (Å²) in [6.07, 6.45) is 0.0142. The van der Waals surface area contributed by atoms with Crippen LogP contribution in [0.5, 0.6) is 5.75 Å². The molecule has 92 valence electrons. The molecular formula is C12H14BrNO3. The summed E-state index contributed by atoms with van der Waals surface area (Å²) in [6.45, 7) is 3.13. The molecule has 2 N–H and O–H groups in total. The maximum absolute atomic E-state index is 10.8. The van der Waals surface area contributed by atoms with Crippen molar-refractivity contribution < 1.29 is 14.6 Å². The van der Waals surface area contributed by atoms with Crippen LogP contribution in [0.1, 0.15) is 12.0 Å². The third-order valence-corrected chi connectivity index (χ3v) is 3.40. The van der Waals surface area contributed by atoms with Gasteiger partial charge in [0.2, 0.25) is 0 Å². The van der Waals surface area contributed by atoms with E-state index in [1.54, 1.807) is 0 Å². The average molecular weight is 300 g/mol. The van der Waals surface area contributed by atoms with E-state index in [4.69, 9.17) is 9.84 Å². The number of benzene rings is 1. The first-order chi connectivity index (χ1) is 8.01. The molecule has 0 spiro atoms. The van der Waals surface area contributed by atoms with Gasteiger partial charge in [0.25, 0.3) is 0 Å². The van der Waals surface area contributed by atoms with Crippen molar-refractivity contribution in [3.63, 3.8) is 0 Å². The molecule has 1 aliphatic heterocycles. The Bertz CT molecular complexity index is 443. The van der Waals surface area contributed by atoms with Gasteiger partial charge in [0.05, 0.1) is 10.9 Å². The van der Waals surface area contributed by atoms with E-state index < -0.39 is 11.6 Å². The van der Waals surface area contributed by atoms with Gasteiger partial charge in [-0.1, -0.05) is 6.07 Å². The Kier molecular flexibility index (Phi) is 3.40. The molecule has 0 aromatic heterocycles. The third kappa shape index (κ3) is 2.79. The molecule has 0 bridgehead atoms. The van der Waals surface area contributed by atoms with Crippen molar-refractivity contribution in [2.45, 2.75) is 18.9 Å². The van der Waals surface area contributed by atoms with Crippen LogP contribution in [0.2, 0.25) is 0 Å². The minimum Gasteiger partial charge on any atom is -0.483 e. The highest BCUT2D eigenvalue weighted by molar-refractivity contribution is 9.10. The molecule has 17 heavy (non-hydrogen) atoms. The average Bonchev–Trinajstić information content (AvgIpc) is 2.18. The fraction of sp³-hybridized carbons (Fsp3) is 0.417. The van der Waals surface area contributed by atoms with Gasteiger partial charge in [0.1, 0.15) is 11.4 Å². The van der Waals surface area contributed by atoms with E-state index in [0.717, 1.165) is 10.0 Å². The van der Waals surface area contributed by atoms with Crippen LogP contribution in [0.25, 0.3) is 0 Å². The van der Waals surface area contributed by atoms with Crippen molar-refractivity contribution in [2.75, 3.05) is 13.1 Å². The SMILES string of the molecule is Cc1ccc(OC2(CC(=O)O)CNC2)c(Br)c1. The normalized spacial score (nSPS) is 17.3. The minimum absolute atomic E-state index is 0.0142. The number of hydrogen-bond donors (Lipinski definition) is 2. The van der Waals surface area contributed by atoms with Crippen molar-refractivity contribution >= 4 is 21.9 Å². The summed E-state index contributed by atoms with van der Waals surface area (Å²) in [7, 11) is 0. The molecule has 4 nitrogen and oxygen atoms in total. The molecular weight excluding hydrogens is 286 g/mol. The summed E-state index contributed by atoms with van der Waals surface area (Å²) in [6, 6.07) is 5.76. The van der Waals surface area contributed by atoms with Crippen molar-refractivity contribution in [3.8, 4) is 5.75 Å². The van der Waals surface area contributed by atoms with Crippen molar-refractivity contribution in [1.82, 2.24) is 5.32 Å². The Morgan fingerprint density at radius 2 is 2.29 bits per heavy atom. The fourth-order valence-corrected chi connectivity index (χ4v) is 2.41. The van der Waals surface area contributed by atoms with Crippen molar-refractivity contribution in [1.29, 1.82) is 0 Å². The van der Waals surface area contributed by atoms with Gasteiger partial charge in [-0.25, -0.2) is 0 Å². The van der Waals surface area contributed by atoms with Crippen LogP contribution in [-0.4, -0.2) is 29.8 Å². The Balaban J connectivity index is 2.15. The summed E-state index contributed by atoms with van der Waals surface area (Å²) >= 11 is 3.43. The van der Waals surface area contributed by atoms with Gasteiger partial charge in [-0.3, -0.25) is 4.79 Å². The highest BCUT2D eigenvalue weighted by atomic mass is 79.9. The van der Waals surface area contributed by atoms with Crippen molar-refractivity contribution in [2.24, 2.45) is 0 Å². The van der Waals surface area contributed by atoms with Crippen LogP contribution in [0, 0.1) is 6.92 Å². The largest absolute Gasteiger partial charge is 0.483 e. The van der Waals surface area contributed by atoms with Gasteiger partial charge in [-0.2, -0.15) is 0 Å². The maximum atomic E-state index is 10.8. The predicted octanol–water partition coefficient (Wildman–Crippen LogP) is 1.95. The number of nitrogens with one attached hydrogen (secondary N) is 1. The van der Waals surface area contributed by atoms with E-state index in [1.165, 1.54) is 0 Å². The van der Waals surface area contributed by atoms with Gasteiger partial charge in [0, 0.05) is 13.1 Å². The van der Waals surface area contributed by atoms with Crippen LogP contribution in [0.4, 0.5) is 0 Å². The molecule has 0 saturated carbocycles. The number of carboxylic acids is 1. The second kappa shape index (κ2) is 4.66. The number of carboxylic acid groups (broad SMARTS) is 1. The van der Waals surface area contributed by atoms with Crippen LogP contribution in [0.3, 0.4) is 0 Å². The number of carbonyl (C=O) groups is 1. The quantitative estimate of drug-likeness (QED) is 0.892. The van der Waals surface area contributed by atoms with E-state index in [0.29, 0.717) is 18.8 Å². The summed E-state index contributed by atoms with van der Waals surface area (Å²) in [4.78, 5) is 10.8. The first-order valence-electron chi connectivity index (χ1n) is 5.38. The Morgan fingerprint density at radius 1 is 1.59 bits per heavy atom. The first-order valence-corrected chi connectivity index (χ1v) is 6.18. The first kappa shape index (κ1) is 12.4. The van der Waals surface area contributed by atoms with Crippen molar-refractivity contribution in [3.05, 3.63) is 28.2 Å². The summed E-state index contributed by atoms with van der Waals surface area (Å²) < 4.78 is 6.70. The Labute approximate surface area is 108 Å². The minimum atomic E-state index is -0.838. The van der Waals surface area contributed by atoms with Gasteiger partial charge < -0.3 is 15.2 Å². The molecule has 0 amide bonds. The molecule has 0 aliphatic carbocycles. The summed E-state index contributed by atoms with van der Waals surface area (Å²) in [5, 5.41) is 11.9.